The van der Waals surface area contributed by atoms with Crippen molar-refractivity contribution in [1.82, 2.24) is 0 Å². The average molecular weight is 332 g/mol. The molecule has 0 saturated carbocycles. The summed E-state index contributed by atoms with van der Waals surface area (Å²) < 4.78 is 1.14. The first kappa shape index (κ1) is 12.7. The van der Waals surface area contributed by atoms with Crippen LogP contribution in [-0.2, 0) is 6.54 Å². The van der Waals surface area contributed by atoms with Crippen molar-refractivity contribution in [3.05, 3.63) is 44.0 Å². The zero-order chi connectivity index (χ0) is 12.4. The SMILES string of the molecule is CN(Cc1csc(Br)c1)c1cc(Cl)ccc1N. The van der Waals surface area contributed by atoms with Gasteiger partial charge in [0.25, 0.3) is 0 Å². The van der Waals surface area contributed by atoms with Gasteiger partial charge < -0.3 is 10.6 Å². The summed E-state index contributed by atoms with van der Waals surface area (Å²) in [7, 11) is 2.01. The fraction of sp³-hybridized carbons (Fsp3) is 0.167. The third-order valence-corrected chi connectivity index (χ3v) is 4.23. The highest BCUT2D eigenvalue weighted by Crippen LogP contribution is 2.28. The second-order valence-corrected chi connectivity index (χ2v) is 6.55. The Morgan fingerprint density at radius 1 is 1.41 bits per heavy atom. The first-order chi connectivity index (χ1) is 8.06. The number of benzene rings is 1. The molecule has 0 atom stereocenters. The molecule has 0 amide bonds. The zero-order valence-electron chi connectivity index (χ0n) is 9.28. The van der Waals surface area contributed by atoms with Gasteiger partial charge in [0.2, 0.25) is 0 Å². The van der Waals surface area contributed by atoms with Crippen molar-refractivity contribution in [2.45, 2.75) is 6.54 Å². The number of thiophene rings is 1. The van der Waals surface area contributed by atoms with Gasteiger partial charge in [0.1, 0.15) is 0 Å². The third kappa shape index (κ3) is 3.15. The monoisotopic (exact) mass is 330 g/mol. The lowest BCUT2D eigenvalue weighted by molar-refractivity contribution is 0.929. The van der Waals surface area contributed by atoms with Gasteiger partial charge in [0.05, 0.1) is 15.2 Å². The number of hydrogen-bond acceptors (Lipinski definition) is 3. The summed E-state index contributed by atoms with van der Waals surface area (Å²) in [6.45, 7) is 0.812. The van der Waals surface area contributed by atoms with E-state index in [1.54, 1.807) is 17.4 Å². The molecule has 1 heterocycles. The van der Waals surface area contributed by atoms with Crippen LogP contribution in [0.1, 0.15) is 5.56 Å². The average Bonchev–Trinajstić information content (AvgIpc) is 2.67. The van der Waals surface area contributed by atoms with Gasteiger partial charge in [-0.25, -0.2) is 0 Å². The molecule has 1 aromatic heterocycles. The second-order valence-electron chi connectivity index (χ2n) is 3.82. The van der Waals surface area contributed by atoms with E-state index in [1.807, 2.05) is 19.2 Å². The van der Waals surface area contributed by atoms with Gasteiger partial charge in [-0.1, -0.05) is 11.6 Å². The lowest BCUT2D eigenvalue weighted by atomic mass is 10.2. The van der Waals surface area contributed by atoms with Crippen LogP contribution in [0.2, 0.25) is 5.02 Å². The summed E-state index contributed by atoms with van der Waals surface area (Å²) in [5, 5.41) is 2.83. The second kappa shape index (κ2) is 5.29. The fourth-order valence-electron chi connectivity index (χ4n) is 1.64. The topological polar surface area (TPSA) is 29.3 Å². The molecule has 0 aliphatic heterocycles. The molecule has 0 saturated heterocycles. The van der Waals surface area contributed by atoms with Crippen LogP contribution in [-0.4, -0.2) is 7.05 Å². The Hall–Kier alpha value is -0.710. The largest absolute Gasteiger partial charge is 0.397 e. The quantitative estimate of drug-likeness (QED) is 0.846. The highest BCUT2D eigenvalue weighted by Gasteiger charge is 2.07. The summed E-state index contributed by atoms with van der Waals surface area (Å²) in [5.74, 6) is 0. The summed E-state index contributed by atoms with van der Waals surface area (Å²) >= 11 is 11.1. The first-order valence-electron chi connectivity index (χ1n) is 5.05. The number of nitrogens with zero attached hydrogens (tertiary/aromatic N) is 1. The normalized spacial score (nSPS) is 10.5. The number of rotatable bonds is 3. The van der Waals surface area contributed by atoms with E-state index in [9.17, 15) is 0 Å². The van der Waals surface area contributed by atoms with Gasteiger partial charge in [-0.05, 0) is 51.1 Å². The summed E-state index contributed by atoms with van der Waals surface area (Å²) in [6.07, 6.45) is 0. The number of nitrogens with two attached hydrogens (primary N) is 1. The molecule has 17 heavy (non-hydrogen) atoms. The lowest BCUT2D eigenvalue weighted by Crippen LogP contribution is -2.17. The maximum absolute atomic E-state index is 5.98. The van der Waals surface area contributed by atoms with Crippen molar-refractivity contribution in [3.63, 3.8) is 0 Å². The molecule has 90 valence electrons. The molecule has 0 unspecified atom stereocenters. The summed E-state index contributed by atoms with van der Waals surface area (Å²) in [4.78, 5) is 2.09. The maximum atomic E-state index is 5.98. The van der Waals surface area contributed by atoms with Crippen LogP contribution in [0.4, 0.5) is 11.4 Å². The Morgan fingerprint density at radius 2 is 2.18 bits per heavy atom. The van der Waals surface area contributed by atoms with Crippen LogP contribution in [0.3, 0.4) is 0 Å². The molecule has 0 spiro atoms. The van der Waals surface area contributed by atoms with Crippen LogP contribution >= 0.6 is 38.9 Å². The van der Waals surface area contributed by atoms with Gasteiger partial charge in [0.15, 0.2) is 0 Å². The van der Waals surface area contributed by atoms with Crippen LogP contribution in [0.15, 0.2) is 33.4 Å². The fourth-order valence-corrected chi connectivity index (χ4v) is 3.00. The van der Waals surface area contributed by atoms with Crippen molar-refractivity contribution in [2.75, 3.05) is 17.7 Å². The molecular weight excluding hydrogens is 320 g/mol. The molecule has 0 radical (unpaired) electrons. The number of hydrogen-bond donors (Lipinski definition) is 1. The summed E-state index contributed by atoms with van der Waals surface area (Å²) in [6, 6.07) is 7.63. The van der Waals surface area contributed by atoms with E-state index in [1.165, 1.54) is 5.56 Å². The van der Waals surface area contributed by atoms with E-state index >= 15 is 0 Å². The minimum atomic E-state index is 0.701. The Bertz CT molecular complexity index is 527. The predicted molar refractivity (Wildman–Crippen MR) is 80.0 cm³/mol. The molecule has 0 aliphatic carbocycles. The van der Waals surface area contributed by atoms with Crippen molar-refractivity contribution in [2.24, 2.45) is 0 Å². The molecule has 2 aromatic rings. The van der Waals surface area contributed by atoms with Crippen LogP contribution in [0.25, 0.3) is 0 Å². The molecule has 1 aromatic carbocycles. The Morgan fingerprint density at radius 3 is 2.82 bits per heavy atom. The molecule has 2 nitrogen and oxygen atoms in total. The first-order valence-corrected chi connectivity index (χ1v) is 7.10. The molecule has 2 N–H and O–H groups in total. The third-order valence-electron chi connectivity index (χ3n) is 2.45. The van der Waals surface area contributed by atoms with Crippen molar-refractivity contribution in [1.29, 1.82) is 0 Å². The highest BCUT2D eigenvalue weighted by atomic mass is 79.9. The van der Waals surface area contributed by atoms with E-state index in [4.69, 9.17) is 17.3 Å². The number of halogens is 2. The van der Waals surface area contributed by atoms with E-state index in [0.717, 1.165) is 21.7 Å². The minimum Gasteiger partial charge on any atom is -0.397 e. The van der Waals surface area contributed by atoms with E-state index in [2.05, 4.69) is 32.3 Å². The smallest absolute Gasteiger partial charge is 0.0701 e. The molecule has 2 rings (SSSR count). The number of anilines is 2. The van der Waals surface area contributed by atoms with Crippen molar-refractivity contribution >= 4 is 50.2 Å². The van der Waals surface area contributed by atoms with E-state index < -0.39 is 0 Å². The highest BCUT2D eigenvalue weighted by molar-refractivity contribution is 9.11. The standard InChI is InChI=1S/C12H12BrClN2S/c1-16(6-8-4-12(13)17-7-8)11-5-9(14)2-3-10(11)15/h2-5,7H,6,15H2,1H3. The van der Waals surface area contributed by atoms with Crippen molar-refractivity contribution in [3.8, 4) is 0 Å². The Labute approximate surface area is 118 Å². The number of nitrogen functional groups attached to an aromatic ring is 1. The predicted octanol–water partition coefficient (Wildman–Crippen LogP) is 4.38. The Kier molecular flexibility index (Phi) is 3.97. The van der Waals surface area contributed by atoms with Crippen LogP contribution in [0, 0.1) is 0 Å². The summed E-state index contributed by atoms with van der Waals surface area (Å²) in [5.41, 5.74) is 8.90. The molecule has 0 bridgehead atoms. The minimum absolute atomic E-state index is 0.701. The van der Waals surface area contributed by atoms with Gasteiger partial charge in [-0.15, -0.1) is 11.3 Å². The van der Waals surface area contributed by atoms with Crippen LogP contribution in [0.5, 0.6) is 0 Å². The lowest BCUT2D eigenvalue weighted by Gasteiger charge is -2.20. The Balaban J connectivity index is 2.19. The van der Waals surface area contributed by atoms with Gasteiger partial charge in [-0.2, -0.15) is 0 Å². The maximum Gasteiger partial charge on any atom is 0.0701 e. The molecule has 0 aliphatic rings. The zero-order valence-corrected chi connectivity index (χ0v) is 12.4. The molecule has 5 heteroatoms. The van der Waals surface area contributed by atoms with Crippen LogP contribution < -0.4 is 10.6 Å². The van der Waals surface area contributed by atoms with Gasteiger partial charge in [0, 0.05) is 18.6 Å². The van der Waals surface area contributed by atoms with Crippen molar-refractivity contribution < 1.29 is 0 Å². The molecule has 0 fully saturated rings. The van der Waals surface area contributed by atoms with Gasteiger partial charge in [-0.3, -0.25) is 0 Å². The molecular formula is C12H12BrClN2S. The van der Waals surface area contributed by atoms with E-state index in [0.29, 0.717) is 5.02 Å². The van der Waals surface area contributed by atoms with E-state index in [-0.39, 0.29) is 0 Å². The van der Waals surface area contributed by atoms with Gasteiger partial charge >= 0.3 is 0 Å².